The fourth-order valence-electron chi connectivity index (χ4n) is 4.44. The first-order chi connectivity index (χ1) is 15.2. The molecule has 0 N–H and O–H groups in total. The molecular formula is C24H29ClN4O2S. The quantitative estimate of drug-likeness (QED) is 0.496. The Morgan fingerprint density at radius 3 is 2.16 bits per heavy atom. The lowest BCUT2D eigenvalue weighted by Gasteiger charge is -2.54. The lowest BCUT2D eigenvalue weighted by atomic mass is 9.72. The van der Waals surface area contributed by atoms with Crippen LogP contribution in [0, 0.1) is 12.3 Å². The zero-order valence-corrected chi connectivity index (χ0v) is 20.3. The molecule has 0 amide bonds. The molecule has 6 nitrogen and oxygen atoms in total. The maximum Gasteiger partial charge on any atom is 0.243 e. The van der Waals surface area contributed by atoms with E-state index >= 15 is 0 Å². The fraction of sp³-hybridized carbons (Fsp3) is 0.417. The number of hydrogen-bond acceptors (Lipinski definition) is 3. The van der Waals surface area contributed by atoms with Crippen molar-refractivity contribution in [2.45, 2.75) is 31.6 Å². The van der Waals surface area contributed by atoms with E-state index in [1.165, 1.54) is 0 Å². The van der Waals surface area contributed by atoms with Crippen molar-refractivity contribution >= 4 is 33.3 Å². The molecule has 0 aromatic heterocycles. The van der Waals surface area contributed by atoms with Crippen molar-refractivity contribution in [3.63, 3.8) is 0 Å². The van der Waals surface area contributed by atoms with Crippen LogP contribution in [0.2, 0.25) is 5.02 Å². The summed E-state index contributed by atoms with van der Waals surface area (Å²) in [7, 11) is -1.69. The van der Waals surface area contributed by atoms with E-state index in [1.807, 2.05) is 50.2 Å². The average Bonchev–Trinajstić information content (AvgIpc) is 2.76. The van der Waals surface area contributed by atoms with Gasteiger partial charge in [-0.3, -0.25) is 4.99 Å². The highest BCUT2D eigenvalue weighted by Crippen LogP contribution is 2.41. The number of aryl methyl sites for hydroxylation is 1. The lowest BCUT2D eigenvalue weighted by molar-refractivity contribution is 0.0105. The number of sulfonamides is 1. The van der Waals surface area contributed by atoms with Gasteiger partial charge in [-0.1, -0.05) is 29.3 Å². The second-order valence-corrected chi connectivity index (χ2v) is 11.2. The fourth-order valence-corrected chi connectivity index (χ4v) is 6.00. The van der Waals surface area contributed by atoms with E-state index in [0.717, 1.165) is 42.9 Å². The van der Waals surface area contributed by atoms with Gasteiger partial charge in [0.15, 0.2) is 5.84 Å². The second kappa shape index (κ2) is 8.96. The van der Waals surface area contributed by atoms with Gasteiger partial charge in [0.1, 0.15) is 5.84 Å². The number of aliphatic imine (C=N–C) groups is 2. The topological polar surface area (TPSA) is 65.3 Å². The van der Waals surface area contributed by atoms with E-state index in [-0.39, 0.29) is 5.41 Å². The van der Waals surface area contributed by atoms with Gasteiger partial charge in [0.05, 0.1) is 4.90 Å². The molecular weight excluding hydrogens is 444 g/mol. The standard InChI is InChI=1S/C24H29ClN4O2S/c1-18-4-10-22(11-5-18)32(30,31)29-14-12-24(13-15-29)16-28(17-24)19(2)27-23(26-3)20-6-8-21(25)9-7-20/h4-11H,12-17H2,1-3H3/b26-23-,27-19+. The maximum absolute atomic E-state index is 13.0. The van der Waals surface area contributed by atoms with E-state index in [1.54, 1.807) is 23.5 Å². The number of rotatable bonds is 3. The summed E-state index contributed by atoms with van der Waals surface area (Å²) in [5, 5.41) is 0.685. The Bertz CT molecular complexity index is 1130. The van der Waals surface area contributed by atoms with Crippen LogP contribution in [-0.4, -0.2) is 62.5 Å². The van der Waals surface area contributed by atoms with Gasteiger partial charge in [0.25, 0.3) is 0 Å². The third-order valence-corrected chi connectivity index (χ3v) is 8.70. The Kier molecular flexibility index (Phi) is 6.43. The molecule has 2 fully saturated rings. The summed E-state index contributed by atoms with van der Waals surface area (Å²) in [5.41, 5.74) is 2.15. The van der Waals surface area contributed by atoms with Crippen LogP contribution < -0.4 is 0 Å². The second-order valence-electron chi connectivity index (χ2n) is 8.79. The average molecular weight is 473 g/mol. The molecule has 0 atom stereocenters. The maximum atomic E-state index is 13.0. The number of amidine groups is 2. The summed E-state index contributed by atoms with van der Waals surface area (Å²) in [6.45, 7) is 6.89. The minimum atomic E-state index is -3.43. The molecule has 0 unspecified atom stereocenters. The molecule has 2 aliphatic rings. The molecule has 1 spiro atoms. The van der Waals surface area contributed by atoms with E-state index in [2.05, 4.69) is 9.89 Å². The summed E-state index contributed by atoms with van der Waals surface area (Å²) < 4.78 is 27.6. The smallest absolute Gasteiger partial charge is 0.243 e. The first-order valence-electron chi connectivity index (χ1n) is 10.8. The number of hydrogen-bond donors (Lipinski definition) is 0. The molecule has 0 saturated carbocycles. The number of piperidine rings is 1. The minimum absolute atomic E-state index is 0.167. The van der Waals surface area contributed by atoms with Gasteiger partial charge in [0.2, 0.25) is 10.0 Å². The van der Waals surface area contributed by atoms with Gasteiger partial charge in [-0.2, -0.15) is 4.31 Å². The molecule has 8 heteroatoms. The molecule has 4 rings (SSSR count). The monoisotopic (exact) mass is 472 g/mol. The summed E-state index contributed by atoms with van der Waals surface area (Å²) >= 11 is 5.98. The van der Waals surface area contributed by atoms with Crippen molar-refractivity contribution in [3.8, 4) is 0 Å². The largest absolute Gasteiger partial charge is 0.359 e. The Hall–Kier alpha value is -2.22. The molecule has 0 bridgehead atoms. The Morgan fingerprint density at radius 2 is 1.59 bits per heavy atom. The molecule has 2 heterocycles. The minimum Gasteiger partial charge on any atom is -0.359 e. The summed E-state index contributed by atoms with van der Waals surface area (Å²) in [5.74, 6) is 1.61. The zero-order chi connectivity index (χ0) is 22.9. The predicted octanol–water partition coefficient (Wildman–Crippen LogP) is 4.23. The van der Waals surface area contributed by atoms with Crippen molar-refractivity contribution in [2.24, 2.45) is 15.4 Å². The van der Waals surface area contributed by atoms with Crippen molar-refractivity contribution in [1.82, 2.24) is 9.21 Å². The molecule has 0 radical (unpaired) electrons. The van der Waals surface area contributed by atoms with Gasteiger partial charge in [-0.15, -0.1) is 0 Å². The van der Waals surface area contributed by atoms with Crippen molar-refractivity contribution in [1.29, 1.82) is 0 Å². The molecule has 2 aromatic carbocycles. The Labute approximate surface area is 195 Å². The molecule has 0 aliphatic carbocycles. The molecule has 2 saturated heterocycles. The number of likely N-dealkylation sites (tertiary alicyclic amines) is 1. The van der Waals surface area contributed by atoms with Gasteiger partial charge in [-0.05, 0) is 63.1 Å². The van der Waals surface area contributed by atoms with Gasteiger partial charge < -0.3 is 4.90 Å². The molecule has 32 heavy (non-hydrogen) atoms. The van der Waals surface area contributed by atoms with Crippen LogP contribution in [0.4, 0.5) is 0 Å². The van der Waals surface area contributed by atoms with Crippen molar-refractivity contribution in [2.75, 3.05) is 33.2 Å². The van der Waals surface area contributed by atoms with Crippen molar-refractivity contribution in [3.05, 3.63) is 64.7 Å². The van der Waals surface area contributed by atoms with E-state index in [9.17, 15) is 8.42 Å². The number of benzene rings is 2. The van der Waals surface area contributed by atoms with E-state index in [0.29, 0.717) is 28.8 Å². The highest BCUT2D eigenvalue weighted by Gasteiger charge is 2.47. The van der Waals surface area contributed by atoms with Crippen LogP contribution in [0.5, 0.6) is 0 Å². The molecule has 170 valence electrons. The van der Waals surface area contributed by atoms with Gasteiger partial charge in [0, 0.05) is 49.2 Å². The Balaban J connectivity index is 1.36. The summed E-state index contributed by atoms with van der Waals surface area (Å²) in [6.07, 6.45) is 1.74. The molecule has 2 aromatic rings. The van der Waals surface area contributed by atoms with Crippen LogP contribution in [-0.2, 0) is 10.0 Å². The first kappa shape index (κ1) is 23.0. The van der Waals surface area contributed by atoms with E-state index in [4.69, 9.17) is 16.6 Å². The highest BCUT2D eigenvalue weighted by molar-refractivity contribution is 7.89. The van der Waals surface area contributed by atoms with Gasteiger partial charge >= 0.3 is 0 Å². The predicted molar refractivity (Wildman–Crippen MR) is 130 cm³/mol. The highest BCUT2D eigenvalue weighted by atomic mass is 35.5. The SMILES string of the molecule is C/N=C(\N=C(/C)N1CC2(CCN(S(=O)(=O)c3ccc(C)cc3)CC2)C1)c1ccc(Cl)cc1. The third kappa shape index (κ3) is 4.60. The van der Waals surface area contributed by atoms with Crippen LogP contribution in [0.1, 0.15) is 30.9 Å². The van der Waals surface area contributed by atoms with Crippen LogP contribution >= 0.6 is 11.6 Å². The third-order valence-electron chi connectivity index (χ3n) is 6.53. The first-order valence-corrected chi connectivity index (χ1v) is 12.6. The normalized spacial score (nSPS) is 19.8. The van der Waals surface area contributed by atoms with Crippen LogP contribution in [0.15, 0.2) is 63.4 Å². The molecule has 2 aliphatic heterocycles. The van der Waals surface area contributed by atoms with Crippen molar-refractivity contribution < 1.29 is 8.42 Å². The Morgan fingerprint density at radius 1 is 1.00 bits per heavy atom. The lowest BCUT2D eigenvalue weighted by Crippen LogP contribution is -2.61. The summed E-state index contributed by atoms with van der Waals surface area (Å²) in [4.78, 5) is 11.7. The zero-order valence-electron chi connectivity index (χ0n) is 18.8. The van der Waals surface area contributed by atoms with Crippen LogP contribution in [0.3, 0.4) is 0 Å². The number of halogens is 1. The number of nitrogens with zero attached hydrogens (tertiary/aromatic N) is 4. The van der Waals surface area contributed by atoms with Crippen LogP contribution in [0.25, 0.3) is 0 Å². The summed E-state index contributed by atoms with van der Waals surface area (Å²) in [6, 6.07) is 14.6. The van der Waals surface area contributed by atoms with Gasteiger partial charge in [-0.25, -0.2) is 13.4 Å². The van der Waals surface area contributed by atoms with E-state index < -0.39 is 10.0 Å².